The average Bonchev–Trinajstić information content (AvgIpc) is 2.21. The summed E-state index contributed by atoms with van der Waals surface area (Å²) in [4.78, 5) is 5.74. The Hall–Kier alpha value is -0.540. The van der Waals surface area contributed by atoms with Gasteiger partial charge in [0.25, 0.3) is 0 Å². The molecule has 1 saturated heterocycles. The van der Waals surface area contributed by atoms with Crippen molar-refractivity contribution < 1.29 is 4.90 Å². The van der Waals surface area contributed by atoms with E-state index in [1.54, 1.807) is 4.90 Å². The molecule has 1 aliphatic rings. The minimum atomic E-state index is 1.17. The molecule has 1 aromatic rings. The molecule has 1 N–H and O–H groups in total. The highest BCUT2D eigenvalue weighted by Gasteiger charge is 2.13. The summed E-state index contributed by atoms with van der Waals surface area (Å²) in [6.07, 6.45) is 3.76. The van der Waals surface area contributed by atoms with Gasteiger partial charge in [-0.15, -0.1) is 0 Å². The molecule has 0 bridgehead atoms. The Labute approximate surface area is 83.4 Å². The molecule has 3 heteroatoms. The Morgan fingerprint density at radius 1 is 1.23 bits per heavy atom. The molecule has 2 heterocycles. The first kappa shape index (κ1) is 9.03. The molecule has 0 aliphatic carbocycles. The van der Waals surface area contributed by atoms with Gasteiger partial charge in [0.2, 0.25) is 0 Å². The fraction of sp³-hybridized carbons (Fsp3) is 0.500. The lowest BCUT2D eigenvalue weighted by Crippen LogP contribution is -3.12. The van der Waals surface area contributed by atoms with Gasteiger partial charge >= 0.3 is 0 Å². The summed E-state index contributed by atoms with van der Waals surface area (Å²) in [7, 11) is 0. The van der Waals surface area contributed by atoms with E-state index in [0.29, 0.717) is 0 Å². The maximum Gasteiger partial charge on any atom is 0.103 e. The van der Waals surface area contributed by atoms with E-state index in [1.165, 1.54) is 36.7 Å². The van der Waals surface area contributed by atoms with Crippen molar-refractivity contribution in [1.29, 1.82) is 0 Å². The molecule has 0 radical (unpaired) electrons. The van der Waals surface area contributed by atoms with Crippen molar-refractivity contribution in [1.82, 2.24) is 4.98 Å². The van der Waals surface area contributed by atoms with Crippen molar-refractivity contribution in [2.45, 2.75) is 6.54 Å². The molecule has 1 aliphatic heterocycles. The van der Waals surface area contributed by atoms with Crippen LogP contribution in [0.5, 0.6) is 0 Å². The predicted octanol–water partition coefficient (Wildman–Crippen LogP) is 0.213. The highest BCUT2D eigenvalue weighted by atomic mass is 32.2. The summed E-state index contributed by atoms with van der Waals surface area (Å²) in [6.45, 7) is 3.79. The van der Waals surface area contributed by atoms with Crippen LogP contribution >= 0.6 is 11.8 Å². The van der Waals surface area contributed by atoms with Gasteiger partial charge in [-0.05, 0) is 12.1 Å². The normalized spacial score (nSPS) is 18.8. The van der Waals surface area contributed by atoms with E-state index in [4.69, 9.17) is 0 Å². The molecule has 0 unspecified atom stereocenters. The zero-order chi connectivity index (χ0) is 8.93. The summed E-state index contributed by atoms with van der Waals surface area (Å²) in [5.41, 5.74) is 1.41. The van der Waals surface area contributed by atoms with Gasteiger partial charge in [-0.2, -0.15) is 11.8 Å². The van der Waals surface area contributed by atoms with Crippen LogP contribution in [0.1, 0.15) is 5.56 Å². The Morgan fingerprint density at radius 2 is 1.92 bits per heavy atom. The van der Waals surface area contributed by atoms with Gasteiger partial charge in [-0.3, -0.25) is 4.98 Å². The second kappa shape index (κ2) is 4.63. The fourth-order valence-corrected chi connectivity index (χ4v) is 2.70. The largest absolute Gasteiger partial charge is 0.330 e. The van der Waals surface area contributed by atoms with Crippen molar-refractivity contribution in [2.75, 3.05) is 24.6 Å². The zero-order valence-electron chi connectivity index (χ0n) is 7.70. The third-order valence-corrected chi connectivity index (χ3v) is 3.39. The maximum atomic E-state index is 4.03. The number of nitrogens with zero attached hydrogens (tertiary/aromatic N) is 1. The highest BCUT2D eigenvalue weighted by molar-refractivity contribution is 7.99. The van der Waals surface area contributed by atoms with Gasteiger partial charge in [-0.25, -0.2) is 0 Å². The van der Waals surface area contributed by atoms with Crippen molar-refractivity contribution in [3.8, 4) is 0 Å². The van der Waals surface area contributed by atoms with Crippen LogP contribution in [-0.2, 0) is 6.54 Å². The minimum absolute atomic E-state index is 1.17. The quantitative estimate of drug-likeness (QED) is 0.727. The van der Waals surface area contributed by atoms with Gasteiger partial charge in [0.05, 0.1) is 13.1 Å². The van der Waals surface area contributed by atoms with Crippen molar-refractivity contribution in [3.63, 3.8) is 0 Å². The van der Waals surface area contributed by atoms with Crippen molar-refractivity contribution in [3.05, 3.63) is 30.1 Å². The Kier molecular flexibility index (Phi) is 3.22. The lowest BCUT2D eigenvalue weighted by Gasteiger charge is -2.23. The molecular formula is C10H15N2S+. The van der Waals surface area contributed by atoms with Crippen LogP contribution in [0, 0.1) is 0 Å². The third-order valence-electron chi connectivity index (χ3n) is 2.40. The lowest BCUT2D eigenvalue weighted by atomic mass is 10.2. The average molecular weight is 195 g/mol. The molecule has 0 spiro atoms. The number of quaternary nitrogens is 1. The van der Waals surface area contributed by atoms with Gasteiger partial charge in [0.15, 0.2) is 0 Å². The van der Waals surface area contributed by atoms with E-state index in [0.717, 1.165) is 0 Å². The molecule has 70 valence electrons. The summed E-state index contributed by atoms with van der Waals surface area (Å²) in [6, 6.07) is 4.24. The highest BCUT2D eigenvalue weighted by Crippen LogP contribution is 1.99. The van der Waals surface area contributed by atoms with E-state index in [-0.39, 0.29) is 0 Å². The predicted molar refractivity (Wildman–Crippen MR) is 56.0 cm³/mol. The van der Waals surface area contributed by atoms with Crippen LogP contribution < -0.4 is 4.90 Å². The number of hydrogen-bond acceptors (Lipinski definition) is 2. The molecule has 0 amide bonds. The third kappa shape index (κ3) is 2.71. The molecular weight excluding hydrogens is 180 g/mol. The number of pyridine rings is 1. The van der Waals surface area contributed by atoms with E-state index < -0.39 is 0 Å². The lowest BCUT2D eigenvalue weighted by molar-refractivity contribution is -0.910. The topological polar surface area (TPSA) is 17.3 Å². The van der Waals surface area contributed by atoms with E-state index in [1.807, 2.05) is 12.4 Å². The summed E-state index contributed by atoms with van der Waals surface area (Å²) in [5, 5.41) is 0. The first-order chi connectivity index (χ1) is 6.45. The molecule has 1 fully saturated rings. The Morgan fingerprint density at radius 3 is 2.62 bits per heavy atom. The van der Waals surface area contributed by atoms with Crippen LogP contribution in [0.2, 0.25) is 0 Å². The molecule has 13 heavy (non-hydrogen) atoms. The van der Waals surface area contributed by atoms with Crippen molar-refractivity contribution >= 4 is 11.8 Å². The number of hydrogen-bond donors (Lipinski definition) is 1. The van der Waals surface area contributed by atoms with Crippen LogP contribution in [0.15, 0.2) is 24.5 Å². The second-order valence-electron chi connectivity index (χ2n) is 3.39. The van der Waals surface area contributed by atoms with Crippen LogP contribution in [0.25, 0.3) is 0 Å². The number of thioether (sulfide) groups is 1. The number of nitrogens with one attached hydrogen (secondary N) is 1. The van der Waals surface area contributed by atoms with Gasteiger partial charge < -0.3 is 4.90 Å². The molecule has 0 atom stereocenters. The van der Waals surface area contributed by atoms with E-state index in [2.05, 4.69) is 28.9 Å². The van der Waals surface area contributed by atoms with Crippen LogP contribution in [0.4, 0.5) is 0 Å². The number of rotatable bonds is 2. The van der Waals surface area contributed by atoms with Crippen LogP contribution in [0.3, 0.4) is 0 Å². The van der Waals surface area contributed by atoms with Crippen molar-refractivity contribution in [2.24, 2.45) is 0 Å². The van der Waals surface area contributed by atoms with Gasteiger partial charge in [0.1, 0.15) is 6.54 Å². The van der Waals surface area contributed by atoms with Gasteiger partial charge in [-0.1, -0.05) is 0 Å². The Balaban J connectivity index is 1.90. The summed E-state index contributed by atoms with van der Waals surface area (Å²) < 4.78 is 0. The smallest absolute Gasteiger partial charge is 0.103 e. The second-order valence-corrected chi connectivity index (χ2v) is 4.62. The number of aromatic nitrogens is 1. The first-order valence-electron chi connectivity index (χ1n) is 4.75. The fourth-order valence-electron chi connectivity index (χ4n) is 1.63. The summed E-state index contributed by atoms with van der Waals surface area (Å²) in [5.74, 6) is 2.64. The molecule has 0 aromatic carbocycles. The summed E-state index contributed by atoms with van der Waals surface area (Å²) >= 11 is 2.08. The van der Waals surface area contributed by atoms with E-state index in [9.17, 15) is 0 Å². The minimum Gasteiger partial charge on any atom is -0.330 e. The SMILES string of the molecule is c1cc(C[NH+]2CCSCC2)ccn1. The monoisotopic (exact) mass is 195 g/mol. The zero-order valence-corrected chi connectivity index (χ0v) is 8.52. The van der Waals surface area contributed by atoms with E-state index >= 15 is 0 Å². The molecule has 2 rings (SSSR count). The first-order valence-corrected chi connectivity index (χ1v) is 5.91. The van der Waals surface area contributed by atoms with Crippen LogP contribution in [-0.4, -0.2) is 29.6 Å². The molecule has 2 nitrogen and oxygen atoms in total. The maximum absolute atomic E-state index is 4.03. The molecule has 0 saturated carbocycles. The van der Waals surface area contributed by atoms with Gasteiger partial charge in [0, 0.05) is 29.5 Å². The Bertz CT molecular complexity index is 244. The molecule has 1 aromatic heterocycles. The standard InChI is InChI=1S/C10H14N2S/c1-3-11-4-2-10(1)9-12-5-7-13-8-6-12/h1-4H,5-9H2/p+1.